The van der Waals surface area contributed by atoms with Crippen molar-refractivity contribution in [2.75, 3.05) is 27.8 Å². The van der Waals surface area contributed by atoms with E-state index in [-0.39, 0.29) is 30.0 Å². The standard InChI is InChI=1S/C25H28N4O4/c1-2-3-4-13-23(30)27-19-9-6-10-20(16-19)28-24(31)17-26-18-8-5-11-21(15-18)29-25(32)22-12-7-14-33-22/h5-12,14-16,26H,2-4,13,17H2,1H3,(H,27,30)(H,28,31)(H,29,32). The molecule has 3 amide bonds. The molecular formula is C25H28N4O4. The maximum Gasteiger partial charge on any atom is 0.291 e. The average Bonchev–Trinajstić information content (AvgIpc) is 3.34. The van der Waals surface area contributed by atoms with E-state index in [1.165, 1.54) is 6.26 Å². The maximum atomic E-state index is 12.4. The van der Waals surface area contributed by atoms with Gasteiger partial charge in [-0.15, -0.1) is 0 Å². The van der Waals surface area contributed by atoms with Crippen LogP contribution in [0.1, 0.15) is 43.2 Å². The quantitative estimate of drug-likeness (QED) is 0.305. The first-order valence-corrected chi connectivity index (χ1v) is 10.9. The Balaban J connectivity index is 1.48. The molecule has 0 aliphatic carbocycles. The van der Waals surface area contributed by atoms with Gasteiger partial charge in [0.2, 0.25) is 11.8 Å². The number of nitrogens with one attached hydrogen (secondary N) is 4. The zero-order valence-corrected chi connectivity index (χ0v) is 18.5. The summed E-state index contributed by atoms with van der Waals surface area (Å²) in [6.07, 6.45) is 4.86. The summed E-state index contributed by atoms with van der Waals surface area (Å²) in [6, 6.07) is 17.3. The van der Waals surface area contributed by atoms with Gasteiger partial charge in [0.1, 0.15) is 0 Å². The summed E-state index contributed by atoms with van der Waals surface area (Å²) in [5.74, 6) is -0.418. The van der Waals surface area contributed by atoms with Crippen LogP contribution in [0.5, 0.6) is 0 Å². The van der Waals surface area contributed by atoms with Gasteiger partial charge in [-0.2, -0.15) is 0 Å². The van der Waals surface area contributed by atoms with Gasteiger partial charge >= 0.3 is 0 Å². The molecule has 0 bridgehead atoms. The van der Waals surface area contributed by atoms with Crippen LogP contribution >= 0.6 is 0 Å². The van der Waals surface area contributed by atoms with E-state index in [4.69, 9.17) is 4.42 Å². The molecule has 4 N–H and O–H groups in total. The van der Waals surface area contributed by atoms with Crippen LogP contribution in [-0.4, -0.2) is 24.3 Å². The summed E-state index contributed by atoms with van der Waals surface area (Å²) in [7, 11) is 0. The van der Waals surface area contributed by atoms with E-state index < -0.39 is 0 Å². The number of unbranched alkanes of at least 4 members (excludes halogenated alkanes) is 2. The van der Waals surface area contributed by atoms with Crippen molar-refractivity contribution in [2.45, 2.75) is 32.6 Å². The molecule has 0 unspecified atom stereocenters. The van der Waals surface area contributed by atoms with Crippen molar-refractivity contribution in [3.63, 3.8) is 0 Å². The molecule has 8 nitrogen and oxygen atoms in total. The predicted octanol–water partition coefficient (Wildman–Crippen LogP) is 5.10. The van der Waals surface area contributed by atoms with Gasteiger partial charge in [0.25, 0.3) is 5.91 Å². The second-order valence-electron chi connectivity index (χ2n) is 7.50. The minimum absolute atomic E-state index is 0.0309. The first-order chi connectivity index (χ1) is 16.0. The zero-order valence-electron chi connectivity index (χ0n) is 18.5. The van der Waals surface area contributed by atoms with Crippen LogP contribution in [0, 0.1) is 0 Å². The number of anilines is 4. The lowest BCUT2D eigenvalue weighted by Crippen LogP contribution is -2.22. The van der Waals surface area contributed by atoms with Gasteiger partial charge in [0.15, 0.2) is 5.76 Å². The van der Waals surface area contributed by atoms with Crippen LogP contribution in [0.25, 0.3) is 0 Å². The SMILES string of the molecule is CCCCCC(=O)Nc1cccc(NC(=O)CNc2cccc(NC(=O)c3ccco3)c2)c1. The molecule has 2 aromatic carbocycles. The lowest BCUT2D eigenvalue weighted by Gasteiger charge is -2.11. The van der Waals surface area contributed by atoms with Crippen LogP contribution in [0.15, 0.2) is 71.3 Å². The van der Waals surface area contributed by atoms with Crippen LogP contribution in [0.2, 0.25) is 0 Å². The van der Waals surface area contributed by atoms with E-state index in [0.29, 0.717) is 29.2 Å². The zero-order chi connectivity index (χ0) is 23.5. The second kappa shape index (κ2) is 12.1. The Kier molecular flexibility index (Phi) is 8.64. The fourth-order valence-electron chi connectivity index (χ4n) is 3.13. The Morgan fingerprint density at radius 2 is 1.39 bits per heavy atom. The molecular weight excluding hydrogens is 420 g/mol. The van der Waals surface area contributed by atoms with Crippen molar-refractivity contribution in [3.8, 4) is 0 Å². The van der Waals surface area contributed by atoms with Gasteiger partial charge in [-0.25, -0.2) is 0 Å². The van der Waals surface area contributed by atoms with E-state index in [1.54, 1.807) is 60.7 Å². The molecule has 0 aliphatic heterocycles. The third-order valence-corrected chi connectivity index (χ3v) is 4.76. The lowest BCUT2D eigenvalue weighted by molar-refractivity contribution is -0.116. The molecule has 0 aliphatic rings. The predicted molar refractivity (Wildman–Crippen MR) is 129 cm³/mol. The Morgan fingerprint density at radius 1 is 0.758 bits per heavy atom. The summed E-state index contributed by atoms with van der Waals surface area (Å²) in [4.78, 5) is 36.5. The highest BCUT2D eigenvalue weighted by Crippen LogP contribution is 2.18. The molecule has 1 aromatic heterocycles. The van der Waals surface area contributed by atoms with Gasteiger partial charge in [-0.1, -0.05) is 31.9 Å². The van der Waals surface area contributed by atoms with Gasteiger partial charge in [-0.05, 0) is 55.0 Å². The Morgan fingerprint density at radius 3 is 2.06 bits per heavy atom. The normalized spacial score (nSPS) is 10.3. The van der Waals surface area contributed by atoms with Crippen LogP contribution in [-0.2, 0) is 9.59 Å². The smallest absolute Gasteiger partial charge is 0.291 e. The van der Waals surface area contributed by atoms with E-state index in [9.17, 15) is 14.4 Å². The van der Waals surface area contributed by atoms with Crippen molar-refractivity contribution in [3.05, 3.63) is 72.7 Å². The molecule has 3 rings (SSSR count). The Hall–Kier alpha value is -4.07. The molecule has 33 heavy (non-hydrogen) atoms. The highest BCUT2D eigenvalue weighted by molar-refractivity contribution is 6.02. The first-order valence-electron chi connectivity index (χ1n) is 10.9. The van der Waals surface area contributed by atoms with Gasteiger partial charge < -0.3 is 25.7 Å². The van der Waals surface area contributed by atoms with E-state index in [1.807, 2.05) is 0 Å². The van der Waals surface area contributed by atoms with Crippen molar-refractivity contribution in [1.82, 2.24) is 0 Å². The maximum absolute atomic E-state index is 12.4. The topological polar surface area (TPSA) is 112 Å². The third kappa shape index (κ3) is 7.84. The number of amides is 3. The van der Waals surface area contributed by atoms with Crippen LogP contribution in [0.4, 0.5) is 22.7 Å². The lowest BCUT2D eigenvalue weighted by atomic mass is 10.2. The first kappa shape index (κ1) is 23.6. The molecule has 1 heterocycles. The largest absolute Gasteiger partial charge is 0.459 e. The molecule has 0 atom stereocenters. The van der Waals surface area contributed by atoms with Crippen molar-refractivity contribution in [2.24, 2.45) is 0 Å². The molecule has 0 saturated carbocycles. The molecule has 172 valence electrons. The summed E-state index contributed by atoms with van der Waals surface area (Å²) in [5, 5.41) is 11.4. The monoisotopic (exact) mass is 448 g/mol. The Bertz CT molecular complexity index is 1080. The highest BCUT2D eigenvalue weighted by atomic mass is 16.3. The number of benzene rings is 2. The van der Waals surface area contributed by atoms with Crippen molar-refractivity contribution < 1.29 is 18.8 Å². The molecule has 8 heteroatoms. The van der Waals surface area contributed by atoms with E-state index in [0.717, 1.165) is 19.3 Å². The molecule has 0 fully saturated rings. The third-order valence-electron chi connectivity index (χ3n) is 4.76. The molecule has 0 saturated heterocycles. The van der Waals surface area contributed by atoms with Gasteiger partial charge in [0, 0.05) is 29.2 Å². The number of carbonyl (C=O) groups excluding carboxylic acids is 3. The van der Waals surface area contributed by atoms with Crippen LogP contribution < -0.4 is 21.3 Å². The van der Waals surface area contributed by atoms with Gasteiger partial charge in [-0.3, -0.25) is 14.4 Å². The van der Waals surface area contributed by atoms with Crippen LogP contribution in [0.3, 0.4) is 0 Å². The second-order valence-corrected chi connectivity index (χ2v) is 7.50. The number of hydrogen-bond donors (Lipinski definition) is 4. The summed E-state index contributed by atoms with van der Waals surface area (Å²) >= 11 is 0. The average molecular weight is 449 g/mol. The van der Waals surface area contributed by atoms with E-state index in [2.05, 4.69) is 28.2 Å². The molecule has 0 spiro atoms. The number of hydrogen-bond acceptors (Lipinski definition) is 5. The van der Waals surface area contributed by atoms with E-state index >= 15 is 0 Å². The summed E-state index contributed by atoms with van der Waals surface area (Å²) in [6.45, 7) is 2.12. The minimum atomic E-state index is -0.354. The van der Waals surface area contributed by atoms with Crippen molar-refractivity contribution in [1.29, 1.82) is 0 Å². The molecule has 0 radical (unpaired) electrons. The summed E-state index contributed by atoms with van der Waals surface area (Å²) in [5.41, 5.74) is 2.48. The number of rotatable bonds is 11. The van der Waals surface area contributed by atoms with Gasteiger partial charge in [0.05, 0.1) is 12.8 Å². The fourth-order valence-corrected chi connectivity index (χ4v) is 3.13. The minimum Gasteiger partial charge on any atom is -0.459 e. The fraction of sp³-hybridized carbons (Fsp3) is 0.240. The molecule has 3 aromatic rings. The van der Waals surface area contributed by atoms with Crippen molar-refractivity contribution >= 4 is 40.5 Å². The Labute approximate surface area is 192 Å². The number of furan rings is 1. The summed E-state index contributed by atoms with van der Waals surface area (Å²) < 4.78 is 5.08. The highest BCUT2D eigenvalue weighted by Gasteiger charge is 2.09. The number of carbonyl (C=O) groups is 3.